The molecule has 4 nitrogen and oxygen atoms in total. The first kappa shape index (κ1) is 10.7. The fourth-order valence-corrected chi connectivity index (χ4v) is 0.851. The van der Waals surface area contributed by atoms with Gasteiger partial charge in [-0.1, -0.05) is 6.58 Å². The number of hydrogen-bond donors (Lipinski definition) is 1. The maximum atomic E-state index is 10.6. The van der Waals surface area contributed by atoms with Crippen LogP contribution < -0.4 is 5.84 Å². The van der Waals surface area contributed by atoms with Crippen molar-refractivity contribution in [3.8, 4) is 0 Å². The van der Waals surface area contributed by atoms with E-state index in [1.807, 2.05) is 0 Å². The molecule has 0 bridgehead atoms. The number of hydrazone groups is 1. The Morgan fingerprint density at radius 3 is 2.42 bits per heavy atom. The number of hydrogen-bond acceptors (Lipinski definition) is 3. The van der Waals surface area contributed by atoms with Crippen LogP contribution in [0, 0.1) is 5.41 Å². The van der Waals surface area contributed by atoms with Gasteiger partial charge in [0.25, 0.3) is 0 Å². The molecule has 0 atom stereocenters. The highest BCUT2D eigenvalue weighted by atomic mass is 16.1. The molecule has 0 rings (SSSR count). The second-order valence-electron chi connectivity index (χ2n) is 3.09. The largest absolute Gasteiger partial charge is 0.338 e. The molecular formula is C8H15N3O. The molecule has 0 aliphatic rings. The van der Waals surface area contributed by atoms with Gasteiger partial charge in [0.15, 0.2) is 0 Å². The van der Waals surface area contributed by atoms with E-state index in [0.29, 0.717) is 5.84 Å². The average molecular weight is 169 g/mol. The van der Waals surface area contributed by atoms with Crippen LogP contribution in [-0.4, -0.2) is 24.1 Å². The number of amidine groups is 1. The van der Waals surface area contributed by atoms with Crippen molar-refractivity contribution in [1.29, 1.82) is 0 Å². The summed E-state index contributed by atoms with van der Waals surface area (Å²) in [5.74, 6) is 5.64. The zero-order valence-electron chi connectivity index (χ0n) is 7.74. The molecule has 0 heterocycles. The van der Waals surface area contributed by atoms with Gasteiger partial charge in [0, 0.05) is 7.05 Å². The van der Waals surface area contributed by atoms with Gasteiger partial charge in [0.2, 0.25) is 0 Å². The van der Waals surface area contributed by atoms with Gasteiger partial charge in [-0.05, 0) is 20.0 Å². The molecule has 4 heteroatoms. The molecule has 2 N–H and O–H groups in total. The van der Waals surface area contributed by atoms with Crippen LogP contribution in [0.1, 0.15) is 13.8 Å². The van der Waals surface area contributed by atoms with Crippen LogP contribution in [0.5, 0.6) is 0 Å². The molecule has 12 heavy (non-hydrogen) atoms. The summed E-state index contributed by atoms with van der Waals surface area (Å²) in [5.41, 5.74) is -0.669. The highest BCUT2D eigenvalue weighted by molar-refractivity contribution is 5.99. The third kappa shape index (κ3) is 2.08. The predicted molar refractivity (Wildman–Crippen MR) is 49.4 cm³/mol. The van der Waals surface area contributed by atoms with Gasteiger partial charge < -0.3 is 15.5 Å². The van der Waals surface area contributed by atoms with Crippen LogP contribution in [-0.2, 0) is 4.79 Å². The third-order valence-corrected chi connectivity index (χ3v) is 1.60. The van der Waals surface area contributed by atoms with Crippen molar-refractivity contribution in [3.05, 3.63) is 12.8 Å². The fraction of sp³-hybridized carbons (Fsp3) is 0.500. The molecule has 0 aromatic rings. The van der Waals surface area contributed by atoms with E-state index < -0.39 is 5.41 Å². The first-order valence-corrected chi connectivity index (χ1v) is 3.59. The zero-order chi connectivity index (χ0) is 9.78. The monoisotopic (exact) mass is 169 g/mol. The zero-order valence-corrected chi connectivity index (χ0v) is 7.74. The SMILES string of the molecule is C=CN(C)/C(=N\N)C(C)(C)C=O. The van der Waals surface area contributed by atoms with Crippen molar-refractivity contribution >= 4 is 12.1 Å². The van der Waals surface area contributed by atoms with E-state index in [0.717, 1.165) is 6.29 Å². The summed E-state index contributed by atoms with van der Waals surface area (Å²) in [6.07, 6.45) is 2.36. The highest BCUT2D eigenvalue weighted by Crippen LogP contribution is 2.15. The molecule has 0 aromatic carbocycles. The third-order valence-electron chi connectivity index (χ3n) is 1.60. The molecule has 68 valence electrons. The molecule has 0 unspecified atom stereocenters. The molecular weight excluding hydrogens is 154 g/mol. The summed E-state index contributed by atoms with van der Waals surface area (Å²) >= 11 is 0. The topological polar surface area (TPSA) is 58.7 Å². The second-order valence-corrected chi connectivity index (χ2v) is 3.09. The number of carbonyl (C=O) groups is 1. The van der Waals surface area contributed by atoms with Crippen LogP contribution in [0.2, 0.25) is 0 Å². The van der Waals surface area contributed by atoms with Crippen molar-refractivity contribution in [2.45, 2.75) is 13.8 Å². The lowest BCUT2D eigenvalue weighted by atomic mass is 9.93. The van der Waals surface area contributed by atoms with Gasteiger partial charge in [-0.25, -0.2) is 0 Å². The van der Waals surface area contributed by atoms with Crippen molar-refractivity contribution in [3.63, 3.8) is 0 Å². The lowest BCUT2D eigenvalue weighted by molar-refractivity contribution is -0.112. The summed E-state index contributed by atoms with van der Waals surface area (Å²) in [4.78, 5) is 12.3. The lowest BCUT2D eigenvalue weighted by Crippen LogP contribution is -2.37. The first-order valence-electron chi connectivity index (χ1n) is 3.59. The first-order chi connectivity index (χ1) is 5.49. The summed E-state index contributed by atoms with van der Waals surface area (Å²) in [6.45, 7) is 7.03. The van der Waals surface area contributed by atoms with Crippen molar-refractivity contribution in [1.82, 2.24) is 4.90 Å². The summed E-state index contributed by atoms with van der Waals surface area (Å²) < 4.78 is 0. The van der Waals surface area contributed by atoms with Gasteiger partial charge in [0.1, 0.15) is 12.1 Å². The minimum absolute atomic E-state index is 0.493. The second kappa shape index (κ2) is 3.90. The van der Waals surface area contributed by atoms with Crippen LogP contribution in [0.3, 0.4) is 0 Å². The Balaban J connectivity index is 4.80. The molecule has 0 saturated heterocycles. The molecule has 0 fully saturated rings. The van der Waals surface area contributed by atoms with E-state index in [9.17, 15) is 4.79 Å². The Bertz CT molecular complexity index is 208. The van der Waals surface area contributed by atoms with Gasteiger partial charge in [-0.2, -0.15) is 5.10 Å². The highest BCUT2D eigenvalue weighted by Gasteiger charge is 2.26. The van der Waals surface area contributed by atoms with Gasteiger partial charge in [-0.15, -0.1) is 0 Å². The maximum Gasteiger partial charge on any atom is 0.141 e. The predicted octanol–water partition coefficient (Wildman–Crippen LogP) is 0.559. The van der Waals surface area contributed by atoms with Crippen molar-refractivity contribution < 1.29 is 4.79 Å². The fourth-order valence-electron chi connectivity index (χ4n) is 0.851. The van der Waals surface area contributed by atoms with E-state index in [1.165, 1.54) is 0 Å². The molecule has 0 saturated carbocycles. The summed E-state index contributed by atoms with van der Waals surface area (Å²) in [6, 6.07) is 0. The number of nitrogens with two attached hydrogens (primary N) is 1. The molecule has 0 spiro atoms. The van der Waals surface area contributed by atoms with Crippen LogP contribution in [0.4, 0.5) is 0 Å². The minimum Gasteiger partial charge on any atom is -0.338 e. The molecule has 0 aromatic heterocycles. The molecule has 0 amide bonds. The minimum atomic E-state index is -0.669. The number of carbonyl (C=O) groups excluding carboxylic acids is 1. The number of aldehydes is 1. The van der Waals surface area contributed by atoms with Gasteiger partial charge in [-0.3, -0.25) is 0 Å². The van der Waals surface area contributed by atoms with Crippen LogP contribution in [0.15, 0.2) is 17.9 Å². The average Bonchev–Trinajstić information content (AvgIpc) is 2.05. The maximum absolute atomic E-state index is 10.6. The van der Waals surface area contributed by atoms with E-state index in [1.54, 1.807) is 32.0 Å². The Hall–Kier alpha value is -1.32. The Labute approximate surface area is 72.7 Å². The van der Waals surface area contributed by atoms with E-state index in [-0.39, 0.29) is 0 Å². The van der Waals surface area contributed by atoms with Crippen LogP contribution >= 0.6 is 0 Å². The normalized spacial score (nSPS) is 12.4. The van der Waals surface area contributed by atoms with E-state index >= 15 is 0 Å². The lowest BCUT2D eigenvalue weighted by Gasteiger charge is -2.25. The molecule has 0 aliphatic carbocycles. The Kier molecular flexibility index (Phi) is 3.47. The van der Waals surface area contributed by atoms with E-state index in [2.05, 4.69) is 11.7 Å². The standard InChI is InChI=1S/C8H15N3O/c1-5-11(4)7(10-9)8(2,3)6-12/h5-6H,1,9H2,2-4H3/b10-7-. The van der Waals surface area contributed by atoms with Crippen molar-refractivity contribution in [2.24, 2.45) is 16.4 Å². The van der Waals surface area contributed by atoms with Crippen molar-refractivity contribution in [2.75, 3.05) is 7.05 Å². The smallest absolute Gasteiger partial charge is 0.141 e. The quantitative estimate of drug-likeness (QED) is 0.221. The molecule has 0 aliphatic heterocycles. The molecule has 0 radical (unpaired) electrons. The number of rotatable bonds is 3. The summed E-state index contributed by atoms with van der Waals surface area (Å²) in [7, 11) is 1.74. The summed E-state index contributed by atoms with van der Waals surface area (Å²) in [5, 5.41) is 3.54. The Morgan fingerprint density at radius 1 is 1.67 bits per heavy atom. The van der Waals surface area contributed by atoms with E-state index in [4.69, 9.17) is 5.84 Å². The van der Waals surface area contributed by atoms with Crippen LogP contribution in [0.25, 0.3) is 0 Å². The van der Waals surface area contributed by atoms with Gasteiger partial charge in [0.05, 0.1) is 5.41 Å². The Morgan fingerprint density at radius 2 is 2.17 bits per heavy atom. The van der Waals surface area contributed by atoms with Gasteiger partial charge >= 0.3 is 0 Å². The number of nitrogens with zero attached hydrogens (tertiary/aromatic N) is 2.